The lowest BCUT2D eigenvalue weighted by atomic mass is 9.91. The van der Waals surface area contributed by atoms with Gasteiger partial charge in [-0.1, -0.05) is 18.2 Å². The van der Waals surface area contributed by atoms with Gasteiger partial charge >= 0.3 is 6.09 Å². The minimum Gasteiger partial charge on any atom is -0.444 e. The van der Waals surface area contributed by atoms with Gasteiger partial charge in [0.05, 0.1) is 6.04 Å². The first-order chi connectivity index (χ1) is 10.5. The summed E-state index contributed by atoms with van der Waals surface area (Å²) in [6.07, 6.45) is 4.75. The molecular weight excluding hydrogens is 276 g/mol. The highest BCUT2D eigenvalue weighted by Gasteiger charge is 2.34. The Balaban J connectivity index is 1.88. The monoisotopic (exact) mass is 300 g/mol. The standard InChI is InChI=1S/C18H24N2O2/c1-18(2,3)22-17(21)20-11-5-8-16(20)15-7-4-6-13-12-19-10-9-14(13)15/h4,6-7,12,16H,5,8-11H2,1-3H3. The summed E-state index contributed by atoms with van der Waals surface area (Å²) in [6.45, 7) is 7.35. The second-order valence-electron chi connectivity index (χ2n) is 7.03. The van der Waals surface area contributed by atoms with Crippen LogP contribution < -0.4 is 0 Å². The molecule has 4 nitrogen and oxygen atoms in total. The number of amides is 1. The molecule has 2 aliphatic heterocycles. The molecular formula is C18H24N2O2. The summed E-state index contributed by atoms with van der Waals surface area (Å²) in [5.74, 6) is 0. The lowest BCUT2D eigenvalue weighted by Gasteiger charge is -2.30. The van der Waals surface area contributed by atoms with Crippen LogP contribution in [-0.4, -0.2) is 35.9 Å². The number of ether oxygens (including phenoxy) is 1. The van der Waals surface area contributed by atoms with Crippen molar-refractivity contribution < 1.29 is 9.53 Å². The van der Waals surface area contributed by atoms with E-state index in [1.165, 1.54) is 16.7 Å². The molecule has 0 spiro atoms. The van der Waals surface area contributed by atoms with Crippen LogP contribution >= 0.6 is 0 Å². The highest BCUT2D eigenvalue weighted by molar-refractivity contribution is 5.83. The number of fused-ring (bicyclic) bond motifs is 1. The summed E-state index contributed by atoms with van der Waals surface area (Å²) in [6, 6.07) is 6.47. The average molecular weight is 300 g/mol. The molecule has 1 unspecified atom stereocenters. The fraction of sp³-hybridized carbons (Fsp3) is 0.556. The zero-order valence-corrected chi connectivity index (χ0v) is 13.6. The van der Waals surface area contributed by atoms with Gasteiger partial charge in [0.25, 0.3) is 0 Å². The van der Waals surface area contributed by atoms with Gasteiger partial charge in [-0.05, 0) is 56.7 Å². The minimum absolute atomic E-state index is 0.135. The molecule has 1 atom stereocenters. The Morgan fingerprint density at radius 1 is 1.36 bits per heavy atom. The van der Waals surface area contributed by atoms with Gasteiger partial charge in [-0.2, -0.15) is 0 Å². The van der Waals surface area contributed by atoms with Crippen LogP contribution in [0.5, 0.6) is 0 Å². The van der Waals surface area contributed by atoms with Crippen molar-refractivity contribution >= 4 is 12.3 Å². The SMILES string of the molecule is CC(C)(C)OC(=O)N1CCCC1c1cccc2c1CCN=C2. The summed E-state index contributed by atoms with van der Waals surface area (Å²) in [5.41, 5.74) is 3.36. The van der Waals surface area contributed by atoms with Crippen molar-refractivity contribution in [1.29, 1.82) is 0 Å². The van der Waals surface area contributed by atoms with Gasteiger partial charge in [-0.15, -0.1) is 0 Å². The van der Waals surface area contributed by atoms with Crippen molar-refractivity contribution in [3.8, 4) is 0 Å². The van der Waals surface area contributed by atoms with Crippen LogP contribution in [0.2, 0.25) is 0 Å². The van der Waals surface area contributed by atoms with E-state index in [4.69, 9.17) is 4.74 Å². The quantitative estimate of drug-likeness (QED) is 0.793. The third-order valence-electron chi connectivity index (χ3n) is 4.21. The second-order valence-corrected chi connectivity index (χ2v) is 7.03. The zero-order chi connectivity index (χ0) is 15.7. The van der Waals surface area contributed by atoms with Gasteiger partial charge in [-0.3, -0.25) is 4.99 Å². The highest BCUT2D eigenvalue weighted by atomic mass is 16.6. The Hall–Kier alpha value is -1.84. The third-order valence-corrected chi connectivity index (χ3v) is 4.21. The first-order valence-corrected chi connectivity index (χ1v) is 8.07. The fourth-order valence-corrected chi connectivity index (χ4v) is 3.31. The Kier molecular flexibility index (Phi) is 3.94. The van der Waals surface area contributed by atoms with Crippen LogP contribution in [0.3, 0.4) is 0 Å². The average Bonchev–Trinajstić information content (AvgIpc) is 2.94. The molecule has 0 saturated carbocycles. The van der Waals surface area contributed by atoms with Crippen LogP contribution in [0.1, 0.15) is 56.3 Å². The molecule has 22 heavy (non-hydrogen) atoms. The van der Waals surface area contributed by atoms with E-state index in [1.807, 2.05) is 31.9 Å². The fourth-order valence-electron chi connectivity index (χ4n) is 3.31. The van der Waals surface area contributed by atoms with Gasteiger partial charge in [0.15, 0.2) is 0 Å². The van der Waals surface area contributed by atoms with E-state index in [2.05, 4.69) is 23.2 Å². The molecule has 1 aromatic carbocycles. The van der Waals surface area contributed by atoms with E-state index in [0.717, 1.165) is 32.4 Å². The van der Waals surface area contributed by atoms with Gasteiger partial charge in [0.2, 0.25) is 0 Å². The Morgan fingerprint density at radius 2 is 2.18 bits per heavy atom. The number of rotatable bonds is 1. The lowest BCUT2D eigenvalue weighted by molar-refractivity contribution is 0.0224. The predicted molar refractivity (Wildman–Crippen MR) is 87.5 cm³/mol. The smallest absolute Gasteiger partial charge is 0.410 e. The van der Waals surface area contributed by atoms with E-state index in [9.17, 15) is 4.79 Å². The first-order valence-electron chi connectivity index (χ1n) is 8.07. The molecule has 0 bridgehead atoms. The summed E-state index contributed by atoms with van der Waals surface area (Å²) in [5, 5.41) is 0. The maximum absolute atomic E-state index is 12.5. The number of hydrogen-bond donors (Lipinski definition) is 0. The van der Waals surface area contributed by atoms with E-state index in [1.54, 1.807) is 0 Å². The van der Waals surface area contributed by atoms with E-state index in [-0.39, 0.29) is 12.1 Å². The Bertz CT molecular complexity index is 602. The maximum atomic E-state index is 12.5. The summed E-state index contributed by atoms with van der Waals surface area (Å²) < 4.78 is 5.58. The van der Waals surface area contributed by atoms with Crippen LogP contribution in [0.4, 0.5) is 4.79 Å². The zero-order valence-electron chi connectivity index (χ0n) is 13.6. The van der Waals surface area contributed by atoms with Crippen LogP contribution in [0.25, 0.3) is 0 Å². The molecule has 1 amide bonds. The third kappa shape index (κ3) is 3.01. The molecule has 0 aromatic heterocycles. The molecule has 0 aliphatic carbocycles. The number of benzene rings is 1. The van der Waals surface area contributed by atoms with E-state index < -0.39 is 5.60 Å². The van der Waals surface area contributed by atoms with E-state index in [0.29, 0.717) is 0 Å². The van der Waals surface area contributed by atoms with Crippen molar-refractivity contribution in [3.05, 3.63) is 34.9 Å². The van der Waals surface area contributed by atoms with Gasteiger partial charge in [0.1, 0.15) is 5.60 Å². The lowest BCUT2D eigenvalue weighted by Crippen LogP contribution is -2.36. The summed E-state index contributed by atoms with van der Waals surface area (Å²) in [7, 11) is 0. The molecule has 118 valence electrons. The molecule has 1 saturated heterocycles. The van der Waals surface area contributed by atoms with Crippen molar-refractivity contribution in [2.45, 2.75) is 51.7 Å². The molecule has 2 heterocycles. The van der Waals surface area contributed by atoms with Crippen molar-refractivity contribution in [2.24, 2.45) is 4.99 Å². The van der Waals surface area contributed by atoms with Crippen molar-refractivity contribution in [2.75, 3.05) is 13.1 Å². The second kappa shape index (κ2) is 5.75. The number of likely N-dealkylation sites (tertiary alicyclic amines) is 1. The normalized spacial score (nSPS) is 20.9. The number of aliphatic imine (C=N–C) groups is 1. The molecule has 3 rings (SSSR count). The molecule has 1 aromatic rings. The number of nitrogens with zero attached hydrogens (tertiary/aromatic N) is 2. The highest BCUT2D eigenvalue weighted by Crippen LogP contribution is 2.36. The van der Waals surface area contributed by atoms with Gasteiger partial charge < -0.3 is 9.64 Å². The molecule has 1 fully saturated rings. The largest absolute Gasteiger partial charge is 0.444 e. The van der Waals surface area contributed by atoms with Crippen LogP contribution in [-0.2, 0) is 11.2 Å². The van der Waals surface area contributed by atoms with Crippen LogP contribution in [0, 0.1) is 0 Å². The van der Waals surface area contributed by atoms with Gasteiger partial charge in [-0.25, -0.2) is 4.79 Å². The summed E-state index contributed by atoms with van der Waals surface area (Å²) >= 11 is 0. The molecule has 2 aliphatic rings. The van der Waals surface area contributed by atoms with Crippen molar-refractivity contribution in [3.63, 3.8) is 0 Å². The topological polar surface area (TPSA) is 41.9 Å². The number of hydrogen-bond acceptors (Lipinski definition) is 3. The number of carbonyl (C=O) groups is 1. The molecule has 0 radical (unpaired) electrons. The first kappa shape index (κ1) is 15.1. The Morgan fingerprint density at radius 3 is 2.95 bits per heavy atom. The van der Waals surface area contributed by atoms with Gasteiger partial charge in [0, 0.05) is 19.3 Å². The number of carbonyl (C=O) groups excluding carboxylic acids is 1. The predicted octanol–water partition coefficient (Wildman–Crippen LogP) is 3.73. The molecule has 4 heteroatoms. The van der Waals surface area contributed by atoms with Crippen LogP contribution in [0.15, 0.2) is 23.2 Å². The maximum Gasteiger partial charge on any atom is 0.410 e. The van der Waals surface area contributed by atoms with Crippen molar-refractivity contribution in [1.82, 2.24) is 4.90 Å². The molecule has 0 N–H and O–H groups in total. The summed E-state index contributed by atoms with van der Waals surface area (Å²) in [4.78, 5) is 18.7. The van der Waals surface area contributed by atoms with E-state index >= 15 is 0 Å². The Labute approximate surface area is 132 Å². The minimum atomic E-state index is -0.451.